The SMILES string of the molecule is Cc1ccc(-c2c(C)sc3nc(C)nc(SC(C)C(N)=O)c23)cc1. The van der Waals surface area contributed by atoms with Crippen molar-refractivity contribution in [2.75, 3.05) is 0 Å². The molecule has 3 aromatic rings. The predicted molar refractivity (Wildman–Crippen MR) is 102 cm³/mol. The molecule has 0 aliphatic heterocycles. The number of benzene rings is 1. The third kappa shape index (κ3) is 3.16. The molecule has 2 N–H and O–H groups in total. The first-order valence-corrected chi connectivity index (χ1v) is 9.37. The van der Waals surface area contributed by atoms with Crippen LogP contribution in [-0.4, -0.2) is 21.1 Å². The molecule has 4 nitrogen and oxygen atoms in total. The summed E-state index contributed by atoms with van der Waals surface area (Å²) in [5, 5.41) is 1.50. The van der Waals surface area contributed by atoms with Gasteiger partial charge in [-0.05, 0) is 33.3 Å². The summed E-state index contributed by atoms with van der Waals surface area (Å²) in [5.41, 5.74) is 8.95. The molecule has 1 atom stereocenters. The van der Waals surface area contributed by atoms with Gasteiger partial charge in [0, 0.05) is 10.4 Å². The van der Waals surface area contributed by atoms with Crippen LogP contribution in [0.4, 0.5) is 0 Å². The zero-order valence-corrected chi connectivity index (χ0v) is 15.7. The third-order valence-electron chi connectivity index (χ3n) is 3.84. The molecular formula is C18H19N3OS2. The van der Waals surface area contributed by atoms with E-state index < -0.39 is 0 Å². The lowest BCUT2D eigenvalue weighted by Crippen LogP contribution is -2.22. The van der Waals surface area contributed by atoms with Gasteiger partial charge in [0.15, 0.2) is 0 Å². The van der Waals surface area contributed by atoms with Crippen LogP contribution in [0, 0.1) is 20.8 Å². The number of rotatable bonds is 4. The van der Waals surface area contributed by atoms with Crippen LogP contribution in [0.3, 0.4) is 0 Å². The maximum absolute atomic E-state index is 11.5. The number of nitrogens with zero attached hydrogens (tertiary/aromatic N) is 2. The fourth-order valence-electron chi connectivity index (χ4n) is 2.56. The Morgan fingerprint density at radius 3 is 2.46 bits per heavy atom. The Morgan fingerprint density at radius 2 is 1.83 bits per heavy atom. The standard InChI is InChI=1S/C18H19N3OS2/c1-9-5-7-13(8-6-9)14-10(2)23-17-15(14)18(21-12(4)20-17)24-11(3)16(19)22/h5-8,11H,1-4H3,(H2,19,22). The Morgan fingerprint density at radius 1 is 1.17 bits per heavy atom. The van der Waals surface area contributed by atoms with Crippen LogP contribution in [0.5, 0.6) is 0 Å². The monoisotopic (exact) mass is 357 g/mol. The van der Waals surface area contributed by atoms with Crippen molar-refractivity contribution in [2.45, 2.75) is 38.0 Å². The topological polar surface area (TPSA) is 68.9 Å². The summed E-state index contributed by atoms with van der Waals surface area (Å²) in [6, 6.07) is 8.45. The first kappa shape index (κ1) is 16.9. The van der Waals surface area contributed by atoms with Gasteiger partial charge in [-0.25, -0.2) is 9.97 Å². The van der Waals surface area contributed by atoms with E-state index in [9.17, 15) is 4.79 Å². The normalized spacial score (nSPS) is 12.5. The summed E-state index contributed by atoms with van der Waals surface area (Å²) in [6.07, 6.45) is 0. The van der Waals surface area contributed by atoms with Crippen molar-refractivity contribution in [1.29, 1.82) is 0 Å². The molecule has 2 aromatic heterocycles. The van der Waals surface area contributed by atoms with Gasteiger partial charge >= 0.3 is 0 Å². The summed E-state index contributed by atoms with van der Waals surface area (Å²) >= 11 is 3.06. The number of fused-ring (bicyclic) bond motifs is 1. The van der Waals surface area contributed by atoms with Gasteiger partial charge in [0.05, 0.1) is 10.6 Å². The molecule has 6 heteroatoms. The molecule has 1 amide bonds. The average Bonchev–Trinajstić information content (AvgIpc) is 2.84. The lowest BCUT2D eigenvalue weighted by Gasteiger charge is -2.10. The highest BCUT2D eigenvalue weighted by atomic mass is 32.2. The molecule has 0 fully saturated rings. The number of amides is 1. The number of thioether (sulfide) groups is 1. The van der Waals surface area contributed by atoms with Crippen LogP contribution in [0.15, 0.2) is 29.3 Å². The molecule has 1 aromatic carbocycles. The van der Waals surface area contributed by atoms with Gasteiger partial charge in [-0.2, -0.15) is 0 Å². The molecule has 0 bridgehead atoms. The smallest absolute Gasteiger partial charge is 0.230 e. The van der Waals surface area contributed by atoms with Crippen LogP contribution in [-0.2, 0) is 4.79 Å². The van der Waals surface area contributed by atoms with Crippen LogP contribution < -0.4 is 5.73 Å². The van der Waals surface area contributed by atoms with Crippen LogP contribution in [0.1, 0.15) is 23.2 Å². The van der Waals surface area contributed by atoms with Crippen molar-refractivity contribution in [3.05, 3.63) is 40.5 Å². The Balaban J connectivity index is 2.24. The Bertz CT molecular complexity index is 916. The van der Waals surface area contributed by atoms with Crippen molar-refractivity contribution >= 4 is 39.2 Å². The number of hydrogen-bond acceptors (Lipinski definition) is 5. The average molecular weight is 358 g/mol. The second-order valence-corrected chi connectivity index (χ2v) is 8.35. The molecule has 0 aliphatic carbocycles. The molecule has 124 valence electrons. The van der Waals surface area contributed by atoms with Crippen LogP contribution in [0.25, 0.3) is 21.3 Å². The molecule has 0 saturated carbocycles. The fourth-order valence-corrected chi connectivity index (χ4v) is 4.67. The molecular weight excluding hydrogens is 338 g/mol. The second kappa shape index (κ2) is 6.53. The molecule has 0 saturated heterocycles. The zero-order valence-electron chi connectivity index (χ0n) is 14.1. The number of nitrogens with two attached hydrogens (primary N) is 1. The van der Waals surface area contributed by atoms with E-state index in [1.165, 1.54) is 22.2 Å². The third-order valence-corrected chi connectivity index (χ3v) is 5.94. The fraction of sp³-hybridized carbons (Fsp3) is 0.278. The van der Waals surface area contributed by atoms with Crippen LogP contribution in [0.2, 0.25) is 0 Å². The Labute approximate surface area is 149 Å². The van der Waals surface area contributed by atoms with E-state index >= 15 is 0 Å². The maximum Gasteiger partial charge on any atom is 0.230 e. The number of hydrogen-bond donors (Lipinski definition) is 1. The summed E-state index contributed by atoms with van der Waals surface area (Å²) in [5.74, 6) is 0.367. The van der Waals surface area contributed by atoms with E-state index in [0.29, 0.717) is 5.82 Å². The number of thiophene rings is 1. The zero-order chi connectivity index (χ0) is 17.4. The largest absolute Gasteiger partial charge is 0.369 e. The van der Waals surface area contributed by atoms with E-state index in [1.807, 2.05) is 6.92 Å². The van der Waals surface area contributed by atoms with Gasteiger partial charge in [0.1, 0.15) is 15.7 Å². The molecule has 0 aliphatic rings. The predicted octanol–water partition coefficient (Wildman–Crippen LogP) is 4.25. The van der Waals surface area contributed by atoms with E-state index in [0.717, 1.165) is 26.4 Å². The highest BCUT2D eigenvalue weighted by Crippen LogP contribution is 2.42. The number of aryl methyl sites for hydroxylation is 3. The molecule has 2 heterocycles. The van der Waals surface area contributed by atoms with E-state index in [-0.39, 0.29) is 11.2 Å². The van der Waals surface area contributed by atoms with E-state index in [4.69, 9.17) is 5.73 Å². The van der Waals surface area contributed by atoms with Gasteiger partial charge in [-0.15, -0.1) is 11.3 Å². The van der Waals surface area contributed by atoms with Gasteiger partial charge in [-0.1, -0.05) is 41.6 Å². The Kier molecular flexibility index (Phi) is 4.60. The summed E-state index contributed by atoms with van der Waals surface area (Å²) in [6.45, 7) is 7.85. The molecule has 3 rings (SSSR count). The van der Waals surface area contributed by atoms with Crippen molar-refractivity contribution in [2.24, 2.45) is 5.73 Å². The first-order valence-electron chi connectivity index (χ1n) is 7.67. The number of primary amides is 1. The highest BCUT2D eigenvalue weighted by Gasteiger charge is 2.21. The maximum atomic E-state index is 11.5. The molecule has 0 radical (unpaired) electrons. The van der Waals surface area contributed by atoms with E-state index in [2.05, 4.69) is 48.1 Å². The van der Waals surface area contributed by atoms with Crippen molar-refractivity contribution in [3.8, 4) is 11.1 Å². The van der Waals surface area contributed by atoms with Gasteiger partial charge in [-0.3, -0.25) is 4.79 Å². The molecule has 1 unspecified atom stereocenters. The Hall–Kier alpha value is -1.92. The lowest BCUT2D eigenvalue weighted by molar-refractivity contribution is -0.117. The molecule has 24 heavy (non-hydrogen) atoms. The van der Waals surface area contributed by atoms with E-state index in [1.54, 1.807) is 18.3 Å². The number of aromatic nitrogens is 2. The minimum atomic E-state index is -0.340. The highest BCUT2D eigenvalue weighted by molar-refractivity contribution is 8.00. The van der Waals surface area contributed by atoms with Gasteiger partial charge < -0.3 is 5.73 Å². The van der Waals surface area contributed by atoms with Crippen molar-refractivity contribution in [3.63, 3.8) is 0 Å². The summed E-state index contributed by atoms with van der Waals surface area (Å²) < 4.78 is 0. The quantitative estimate of drug-likeness (QED) is 0.560. The van der Waals surface area contributed by atoms with Gasteiger partial charge in [0.2, 0.25) is 5.91 Å². The minimum Gasteiger partial charge on any atom is -0.369 e. The first-order chi connectivity index (χ1) is 11.4. The second-order valence-electron chi connectivity index (χ2n) is 5.82. The number of carbonyl (C=O) groups is 1. The van der Waals surface area contributed by atoms with Crippen LogP contribution >= 0.6 is 23.1 Å². The summed E-state index contributed by atoms with van der Waals surface area (Å²) in [4.78, 5) is 22.8. The summed E-state index contributed by atoms with van der Waals surface area (Å²) in [7, 11) is 0. The molecule has 0 spiro atoms. The number of carbonyl (C=O) groups excluding carboxylic acids is 1. The lowest BCUT2D eigenvalue weighted by atomic mass is 10.0. The van der Waals surface area contributed by atoms with Crippen molar-refractivity contribution < 1.29 is 4.79 Å². The minimum absolute atomic E-state index is 0.339. The van der Waals surface area contributed by atoms with Crippen molar-refractivity contribution in [1.82, 2.24) is 9.97 Å². The van der Waals surface area contributed by atoms with Gasteiger partial charge in [0.25, 0.3) is 0 Å².